The van der Waals surface area contributed by atoms with Gasteiger partial charge in [-0.15, -0.1) is 0 Å². The maximum atomic E-state index is 12.1. The van der Waals surface area contributed by atoms with Crippen LogP contribution < -0.4 is 0 Å². The molecular formula is C14H18N2O3S. The quantitative estimate of drug-likeness (QED) is 0.632. The third kappa shape index (κ3) is 3.12. The van der Waals surface area contributed by atoms with Gasteiger partial charge in [0, 0.05) is 17.7 Å². The van der Waals surface area contributed by atoms with E-state index in [-0.39, 0.29) is 10.9 Å². The van der Waals surface area contributed by atoms with E-state index in [1.807, 2.05) is 13.8 Å². The van der Waals surface area contributed by atoms with Gasteiger partial charge in [-0.3, -0.25) is 10.1 Å². The Balaban J connectivity index is 2.40. The van der Waals surface area contributed by atoms with Crippen LogP contribution in [0.4, 0.5) is 5.69 Å². The second-order valence-electron chi connectivity index (χ2n) is 4.99. The maximum absolute atomic E-state index is 12.1. The second-order valence-corrected chi connectivity index (χ2v) is 6.52. The Morgan fingerprint density at radius 2 is 2.20 bits per heavy atom. The molecule has 1 aromatic rings. The Morgan fingerprint density at radius 3 is 2.85 bits per heavy atom. The van der Waals surface area contributed by atoms with E-state index in [0.717, 1.165) is 42.5 Å². The largest absolute Gasteiger partial charge is 0.270 e. The molecule has 0 amide bonds. The van der Waals surface area contributed by atoms with Crippen molar-refractivity contribution >= 4 is 22.4 Å². The monoisotopic (exact) mass is 294 g/mol. The number of rotatable bonds is 4. The van der Waals surface area contributed by atoms with Gasteiger partial charge < -0.3 is 0 Å². The minimum atomic E-state index is -1.27. The number of nitro groups is 1. The first kappa shape index (κ1) is 14.8. The first-order valence-electron chi connectivity index (χ1n) is 6.79. The molecular weight excluding hydrogens is 276 g/mol. The average molecular weight is 294 g/mol. The predicted molar refractivity (Wildman–Crippen MR) is 80.5 cm³/mol. The van der Waals surface area contributed by atoms with E-state index in [2.05, 4.69) is 4.40 Å². The molecule has 5 nitrogen and oxygen atoms in total. The fourth-order valence-electron chi connectivity index (χ4n) is 2.18. The normalized spacial score (nSPS) is 19.4. The Bertz CT molecular complexity index is 584. The molecule has 0 heterocycles. The summed E-state index contributed by atoms with van der Waals surface area (Å²) in [7, 11) is -1.27. The van der Waals surface area contributed by atoms with Crippen LogP contribution in [0.5, 0.6) is 0 Å². The number of hydrogen-bond acceptors (Lipinski definition) is 3. The molecule has 0 saturated heterocycles. The number of nitro benzene ring substituents is 1. The van der Waals surface area contributed by atoms with Crippen molar-refractivity contribution in [1.82, 2.24) is 0 Å². The molecule has 0 aromatic heterocycles. The van der Waals surface area contributed by atoms with Crippen LogP contribution in [-0.4, -0.2) is 20.1 Å². The molecule has 108 valence electrons. The van der Waals surface area contributed by atoms with Crippen LogP contribution in [0.15, 0.2) is 22.6 Å². The highest BCUT2D eigenvalue weighted by molar-refractivity contribution is 7.84. The predicted octanol–water partition coefficient (Wildman–Crippen LogP) is 3.18. The summed E-state index contributed by atoms with van der Waals surface area (Å²) in [5.41, 5.74) is 2.66. The Kier molecular flexibility index (Phi) is 4.65. The van der Waals surface area contributed by atoms with Gasteiger partial charge in [0.15, 0.2) is 0 Å². The second kappa shape index (κ2) is 6.26. The highest BCUT2D eigenvalue weighted by Crippen LogP contribution is 2.26. The van der Waals surface area contributed by atoms with Gasteiger partial charge in [-0.05, 0) is 38.2 Å². The highest BCUT2D eigenvalue weighted by Gasteiger charge is 2.20. The first-order valence-corrected chi connectivity index (χ1v) is 7.96. The van der Waals surface area contributed by atoms with Gasteiger partial charge in [-0.2, -0.15) is 4.40 Å². The van der Waals surface area contributed by atoms with Crippen molar-refractivity contribution in [2.45, 2.75) is 44.8 Å². The lowest BCUT2D eigenvalue weighted by Gasteiger charge is -2.17. The third-order valence-electron chi connectivity index (χ3n) is 3.59. The molecule has 2 atom stereocenters. The summed E-state index contributed by atoms with van der Waals surface area (Å²) in [5.74, 6) is 0. The van der Waals surface area contributed by atoms with E-state index in [4.69, 9.17) is 0 Å². The molecule has 1 aliphatic carbocycles. The SMILES string of the molecule is CC[C@@H](C)S(=O)N=C1CCCc2ccc([N+](=O)[O-])cc21. The summed E-state index contributed by atoms with van der Waals surface area (Å²) in [4.78, 5) is 10.5. The lowest BCUT2D eigenvalue weighted by molar-refractivity contribution is -0.384. The van der Waals surface area contributed by atoms with Crippen LogP contribution in [0.25, 0.3) is 0 Å². The Hall–Kier alpha value is -1.56. The molecule has 0 bridgehead atoms. The third-order valence-corrected chi connectivity index (χ3v) is 5.02. The van der Waals surface area contributed by atoms with Crippen LogP contribution in [0.2, 0.25) is 0 Å². The van der Waals surface area contributed by atoms with Gasteiger partial charge in [0.1, 0.15) is 11.0 Å². The van der Waals surface area contributed by atoms with Crippen molar-refractivity contribution < 1.29 is 9.13 Å². The molecule has 0 spiro atoms. The Morgan fingerprint density at radius 1 is 1.45 bits per heavy atom. The molecule has 0 N–H and O–H groups in total. The summed E-state index contributed by atoms with van der Waals surface area (Å²) >= 11 is 0. The minimum Gasteiger partial charge on any atom is -0.258 e. The number of hydrogen-bond donors (Lipinski definition) is 0. The molecule has 1 aliphatic rings. The Labute approximate surface area is 120 Å². The van der Waals surface area contributed by atoms with E-state index in [1.54, 1.807) is 12.1 Å². The summed E-state index contributed by atoms with van der Waals surface area (Å²) < 4.78 is 16.4. The molecule has 0 aliphatic heterocycles. The zero-order chi connectivity index (χ0) is 14.7. The maximum Gasteiger partial charge on any atom is 0.270 e. The number of fused-ring (bicyclic) bond motifs is 1. The first-order chi connectivity index (χ1) is 9.52. The molecule has 20 heavy (non-hydrogen) atoms. The average Bonchev–Trinajstić information content (AvgIpc) is 2.46. The number of aryl methyl sites for hydroxylation is 1. The minimum absolute atomic E-state index is 0.00609. The number of benzene rings is 1. The summed E-state index contributed by atoms with van der Waals surface area (Å²) in [5, 5.41) is 10.9. The standard InChI is InChI=1S/C14H18N2O3S/c1-3-10(2)20(19)15-14-6-4-5-11-7-8-12(16(17)18)9-13(11)14/h7-10H,3-6H2,1-2H3/t10-,20?/m1/s1. The fourth-order valence-corrected chi connectivity index (χ4v) is 3.05. The highest BCUT2D eigenvalue weighted by atomic mass is 32.2. The molecule has 0 saturated carbocycles. The van der Waals surface area contributed by atoms with Crippen molar-refractivity contribution in [3.63, 3.8) is 0 Å². The van der Waals surface area contributed by atoms with E-state index in [9.17, 15) is 14.3 Å². The zero-order valence-corrected chi connectivity index (χ0v) is 12.5. The van der Waals surface area contributed by atoms with Crippen LogP contribution >= 0.6 is 0 Å². The van der Waals surface area contributed by atoms with Gasteiger partial charge in [-0.1, -0.05) is 13.0 Å². The van der Waals surface area contributed by atoms with Crippen LogP contribution in [0, 0.1) is 10.1 Å². The summed E-state index contributed by atoms with van der Waals surface area (Å²) in [6.07, 6.45) is 3.37. The van der Waals surface area contributed by atoms with Crippen LogP contribution in [0.1, 0.15) is 44.2 Å². The summed E-state index contributed by atoms with van der Waals surface area (Å²) in [6.45, 7) is 3.87. The topological polar surface area (TPSA) is 72.6 Å². The van der Waals surface area contributed by atoms with E-state index < -0.39 is 15.9 Å². The lowest BCUT2D eigenvalue weighted by Crippen LogP contribution is -2.16. The van der Waals surface area contributed by atoms with Crippen LogP contribution in [0.3, 0.4) is 0 Å². The van der Waals surface area contributed by atoms with Crippen molar-refractivity contribution in [2.75, 3.05) is 0 Å². The molecule has 1 aromatic carbocycles. The van der Waals surface area contributed by atoms with Crippen LogP contribution in [-0.2, 0) is 17.4 Å². The van der Waals surface area contributed by atoms with Crippen molar-refractivity contribution in [3.05, 3.63) is 39.4 Å². The van der Waals surface area contributed by atoms with Crippen molar-refractivity contribution in [1.29, 1.82) is 0 Å². The van der Waals surface area contributed by atoms with E-state index >= 15 is 0 Å². The van der Waals surface area contributed by atoms with E-state index in [1.165, 1.54) is 6.07 Å². The zero-order valence-electron chi connectivity index (χ0n) is 11.7. The van der Waals surface area contributed by atoms with Crippen molar-refractivity contribution in [2.24, 2.45) is 4.40 Å². The number of nitrogens with zero attached hydrogens (tertiary/aromatic N) is 2. The van der Waals surface area contributed by atoms with Crippen molar-refractivity contribution in [3.8, 4) is 0 Å². The van der Waals surface area contributed by atoms with Gasteiger partial charge in [0.2, 0.25) is 0 Å². The lowest BCUT2D eigenvalue weighted by atomic mass is 9.90. The smallest absolute Gasteiger partial charge is 0.258 e. The van der Waals surface area contributed by atoms with Gasteiger partial charge in [-0.25, -0.2) is 4.21 Å². The molecule has 0 fully saturated rings. The van der Waals surface area contributed by atoms with Gasteiger partial charge in [0.05, 0.1) is 15.9 Å². The molecule has 1 unspecified atom stereocenters. The fraction of sp³-hybridized carbons (Fsp3) is 0.500. The van der Waals surface area contributed by atoms with Gasteiger partial charge in [0.25, 0.3) is 5.69 Å². The number of non-ortho nitro benzene ring substituents is 1. The van der Waals surface area contributed by atoms with Gasteiger partial charge >= 0.3 is 0 Å². The van der Waals surface area contributed by atoms with E-state index in [0.29, 0.717) is 0 Å². The summed E-state index contributed by atoms with van der Waals surface area (Å²) in [6, 6.07) is 4.86. The molecule has 6 heteroatoms. The molecule has 2 rings (SSSR count). The molecule has 0 radical (unpaired) electrons.